The monoisotopic (exact) mass is 279 g/mol. The predicted octanol–water partition coefficient (Wildman–Crippen LogP) is 1.61. The van der Waals surface area contributed by atoms with Gasteiger partial charge in [-0.2, -0.15) is 0 Å². The molecule has 2 N–H and O–H groups in total. The molecule has 5 nitrogen and oxygen atoms in total. The molecule has 20 heavy (non-hydrogen) atoms. The molecule has 0 spiro atoms. The fourth-order valence-electron chi connectivity index (χ4n) is 1.95. The van der Waals surface area contributed by atoms with Crippen molar-refractivity contribution in [2.24, 2.45) is 5.73 Å². The van der Waals surface area contributed by atoms with Gasteiger partial charge in [-0.15, -0.1) is 0 Å². The van der Waals surface area contributed by atoms with Crippen molar-refractivity contribution in [3.8, 4) is 0 Å². The van der Waals surface area contributed by atoms with E-state index in [-0.39, 0.29) is 19.0 Å². The Morgan fingerprint density at radius 1 is 1.10 bits per heavy atom. The third kappa shape index (κ3) is 4.66. The molecule has 5 heteroatoms. The summed E-state index contributed by atoms with van der Waals surface area (Å²) in [6.07, 6.45) is 0.0534. The summed E-state index contributed by atoms with van der Waals surface area (Å²) in [6, 6.07) is 8.32. The number of ether oxygens (including phenoxy) is 2. The molecular weight excluding hydrogens is 258 g/mol. The summed E-state index contributed by atoms with van der Waals surface area (Å²) in [6.45, 7) is 4.01. The highest BCUT2D eigenvalue weighted by Crippen LogP contribution is 2.24. The summed E-state index contributed by atoms with van der Waals surface area (Å²) in [5.41, 5.74) is 6.76. The van der Waals surface area contributed by atoms with Crippen molar-refractivity contribution < 1.29 is 19.1 Å². The highest BCUT2D eigenvalue weighted by Gasteiger charge is 2.29. The van der Waals surface area contributed by atoms with Crippen LogP contribution in [0.2, 0.25) is 0 Å². The molecule has 1 aromatic carbocycles. The molecular formula is C15H21NO4. The summed E-state index contributed by atoms with van der Waals surface area (Å²) in [7, 11) is 0. The lowest BCUT2D eigenvalue weighted by atomic mass is 9.89. The second-order valence-electron chi connectivity index (χ2n) is 4.30. The largest absolute Gasteiger partial charge is 0.466 e. The Morgan fingerprint density at radius 3 is 2.25 bits per heavy atom. The molecule has 0 saturated heterocycles. The van der Waals surface area contributed by atoms with E-state index in [1.165, 1.54) is 0 Å². The first-order chi connectivity index (χ1) is 9.60. The summed E-state index contributed by atoms with van der Waals surface area (Å²) >= 11 is 0. The van der Waals surface area contributed by atoms with E-state index in [1.54, 1.807) is 13.8 Å². The number of hydrogen-bond acceptors (Lipinski definition) is 5. The first-order valence-electron chi connectivity index (χ1n) is 6.72. The minimum Gasteiger partial charge on any atom is -0.466 e. The van der Waals surface area contributed by atoms with Gasteiger partial charge in [0.05, 0.1) is 19.6 Å². The standard InChI is InChI=1S/C15H21NO4/c1-3-19-13(17)10-12(11-8-6-5-7-9-11)14(16)15(18)20-4-2/h5-9,12,14H,3-4,10,16H2,1-2H3. The van der Waals surface area contributed by atoms with E-state index in [2.05, 4.69) is 0 Å². The van der Waals surface area contributed by atoms with Gasteiger partial charge >= 0.3 is 11.9 Å². The Labute approximate surface area is 119 Å². The maximum atomic E-state index is 11.8. The van der Waals surface area contributed by atoms with Crippen LogP contribution in [0.3, 0.4) is 0 Å². The first-order valence-corrected chi connectivity index (χ1v) is 6.72. The fourth-order valence-corrected chi connectivity index (χ4v) is 1.95. The van der Waals surface area contributed by atoms with Gasteiger partial charge < -0.3 is 15.2 Å². The zero-order valence-corrected chi connectivity index (χ0v) is 11.9. The van der Waals surface area contributed by atoms with E-state index >= 15 is 0 Å². The van der Waals surface area contributed by atoms with E-state index in [0.717, 1.165) is 5.56 Å². The maximum Gasteiger partial charge on any atom is 0.323 e. The van der Waals surface area contributed by atoms with Gasteiger partial charge in [-0.25, -0.2) is 0 Å². The van der Waals surface area contributed by atoms with Gasteiger partial charge in [-0.1, -0.05) is 30.3 Å². The van der Waals surface area contributed by atoms with E-state index in [9.17, 15) is 9.59 Å². The number of nitrogens with two attached hydrogens (primary N) is 1. The average molecular weight is 279 g/mol. The van der Waals surface area contributed by atoms with Crippen LogP contribution in [0.5, 0.6) is 0 Å². The van der Waals surface area contributed by atoms with Crippen LogP contribution in [0.1, 0.15) is 31.7 Å². The molecule has 0 aliphatic carbocycles. The summed E-state index contributed by atoms with van der Waals surface area (Å²) in [4.78, 5) is 23.5. The molecule has 0 amide bonds. The Morgan fingerprint density at radius 2 is 1.70 bits per heavy atom. The van der Waals surface area contributed by atoms with Gasteiger partial charge in [-0.3, -0.25) is 9.59 Å². The van der Waals surface area contributed by atoms with Crippen LogP contribution in [-0.4, -0.2) is 31.2 Å². The van der Waals surface area contributed by atoms with Gasteiger partial charge in [0.1, 0.15) is 6.04 Å². The van der Waals surface area contributed by atoms with Gasteiger partial charge in [0.25, 0.3) is 0 Å². The molecule has 0 heterocycles. The van der Waals surface area contributed by atoms with Crippen LogP contribution in [0, 0.1) is 0 Å². The zero-order valence-electron chi connectivity index (χ0n) is 11.9. The van der Waals surface area contributed by atoms with E-state index in [0.29, 0.717) is 6.61 Å². The number of esters is 2. The Hall–Kier alpha value is -1.88. The van der Waals surface area contributed by atoms with Crippen molar-refractivity contribution in [1.82, 2.24) is 0 Å². The molecule has 1 rings (SSSR count). The van der Waals surface area contributed by atoms with Crippen molar-refractivity contribution >= 4 is 11.9 Å². The van der Waals surface area contributed by atoms with Crippen LogP contribution in [-0.2, 0) is 19.1 Å². The highest BCUT2D eigenvalue weighted by molar-refractivity contribution is 5.79. The lowest BCUT2D eigenvalue weighted by molar-refractivity contribution is -0.147. The second-order valence-corrected chi connectivity index (χ2v) is 4.30. The van der Waals surface area contributed by atoms with Gasteiger partial charge in [0.15, 0.2) is 0 Å². The molecule has 2 unspecified atom stereocenters. The van der Waals surface area contributed by atoms with Gasteiger partial charge in [0, 0.05) is 5.92 Å². The van der Waals surface area contributed by atoms with Crippen LogP contribution >= 0.6 is 0 Å². The number of benzene rings is 1. The molecule has 0 fully saturated rings. The van der Waals surface area contributed by atoms with Crippen LogP contribution in [0.25, 0.3) is 0 Å². The second kappa shape index (κ2) is 8.32. The Kier molecular flexibility index (Phi) is 6.73. The molecule has 0 aromatic heterocycles. The molecule has 2 atom stereocenters. The molecule has 0 bridgehead atoms. The molecule has 0 aliphatic heterocycles. The van der Waals surface area contributed by atoms with Crippen LogP contribution < -0.4 is 5.73 Å². The SMILES string of the molecule is CCOC(=O)CC(c1ccccc1)C(N)C(=O)OCC. The van der Waals surface area contributed by atoms with E-state index in [4.69, 9.17) is 15.2 Å². The van der Waals surface area contributed by atoms with Gasteiger partial charge in [0.2, 0.25) is 0 Å². The number of carbonyl (C=O) groups excluding carboxylic acids is 2. The number of rotatable bonds is 7. The lowest BCUT2D eigenvalue weighted by Gasteiger charge is -2.22. The maximum absolute atomic E-state index is 11.8. The quantitative estimate of drug-likeness (QED) is 0.767. The summed E-state index contributed by atoms with van der Waals surface area (Å²) in [5, 5.41) is 0. The minimum atomic E-state index is -0.887. The highest BCUT2D eigenvalue weighted by atomic mass is 16.5. The van der Waals surface area contributed by atoms with Crippen LogP contribution in [0.4, 0.5) is 0 Å². The summed E-state index contributed by atoms with van der Waals surface area (Å²) < 4.78 is 9.87. The number of carbonyl (C=O) groups is 2. The number of hydrogen-bond donors (Lipinski definition) is 1. The zero-order chi connectivity index (χ0) is 15.0. The molecule has 1 aromatic rings. The predicted molar refractivity (Wildman–Crippen MR) is 75.0 cm³/mol. The van der Waals surface area contributed by atoms with Crippen molar-refractivity contribution in [3.05, 3.63) is 35.9 Å². The summed E-state index contributed by atoms with van der Waals surface area (Å²) in [5.74, 6) is -1.33. The molecule has 0 saturated carbocycles. The van der Waals surface area contributed by atoms with Crippen molar-refractivity contribution in [2.45, 2.75) is 32.2 Å². The Bertz CT molecular complexity index is 433. The van der Waals surface area contributed by atoms with Crippen molar-refractivity contribution in [3.63, 3.8) is 0 Å². The molecule has 0 aliphatic rings. The smallest absolute Gasteiger partial charge is 0.323 e. The van der Waals surface area contributed by atoms with E-state index in [1.807, 2.05) is 30.3 Å². The molecule has 0 radical (unpaired) electrons. The third-order valence-electron chi connectivity index (χ3n) is 2.91. The van der Waals surface area contributed by atoms with Gasteiger partial charge in [-0.05, 0) is 19.4 Å². The minimum absolute atomic E-state index is 0.0534. The van der Waals surface area contributed by atoms with Crippen molar-refractivity contribution in [2.75, 3.05) is 13.2 Å². The normalized spacial score (nSPS) is 13.3. The topological polar surface area (TPSA) is 78.6 Å². The lowest BCUT2D eigenvalue weighted by Crippen LogP contribution is -2.39. The average Bonchev–Trinajstić information content (AvgIpc) is 2.45. The first kappa shape index (κ1) is 16.2. The van der Waals surface area contributed by atoms with Crippen LogP contribution in [0.15, 0.2) is 30.3 Å². The third-order valence-corrected chi connectivity index (χ3v) is 2.91. The van der Waals surface area contributed by atoms with Crippen molar-refractivity contribution in [1.29, 1.82) is 0 Å². The molecule has 110 valence electrons. The van der Waals surface area contributed by atoms with E-state index < -0.39 is 17.9 Å². The fraction of sp³-hybridized carbons (Fsp3) is 0.467. The Balaban J connectivity index is 2.89.